The van der Waals surface area contributed by atoms with Crippen LogP contribution in [0.5, 0.6) is 5.75 Å². The van der Waals surface area contributed by atoms with Crippen molar-refractivity contribution < 1.29 is 5.11 Å². The van der Waals surface area contributed by atoms with Crippen LogP contribution in [0.2, 0.25) is 0 Å². The minimum Gasteiger partial charge on any atom is -0.508 e. The van der Waals surface area contributed by atoms with Crippen LogP contribution in [0.4, 0.5) is 5.69 Å². The normalized spacial score (nSPS) is 13.3. The molecule has 0 aromatic heterocycles. The molecule has 1 rings (SSSR count). The lowest BCUT2D eigenvalue weighted by atomic mass is 9.84. The Balaban J connectivity index is 2.56. The van der Waals surface area contributed by atoms with E-state index in [9.17, 15) is 5.11 Å². The lowest BCUT2D eigenvalue weighted by Crippen LogP contribution is -2.42. The van der Waals surface area contributed by atoms with Crippen LogP contribution in [0.1, 0.15) is 34.1 Å². The van der Waals surface area contributed by atoms with E-state index in [0.29, 0.717) is 11.8 Å². The quantitative estimate of drug-likeness (QED) is 0.828. The van der Waals surface area contributed by atoms with Gasteiger partial charge in [-0.1, -0.05) is 27.7 Å². The molecule has 0 spiro atoms. The number of phenolic OH excluding ortho intramolecular Hbond substituents is 1. The number of aromatic hydroxyl groups is 1. The van der Waals surface area contributed by atoms with E-state index in [2.05, 4.69) is 45.0 Å². The van der Waals surface area contributed by atoms with E-state index in [1.54, 1.807) is 12.1 Å². The molecule has 0 heterocycles. The highest BCUT2D eigenvalue weighted by molar-refractivity contribution is 5.47. The van der Waals surface area contributed by atoms with Crippen molar-refractivity contribution in [3.8, 4) is 5.75 Å². The molecule has 1 aromatic carbocycles. The lowest BCUT2D eigenvalue weighted by Gasteiger charge is -2.33. The highest BCUT2D eigenvalue weighted by Gasteiger charge is 2.23. The second-order valence-electron chi connectivity index (χ2n) is 6.20. The largest absolute Gasteiger partial charge is 0.508 e. The highest BCUT2D eigenvalue weighted by Crippen LogP contribution is 2.23. The first-order valence-corrected chi connectivity index (χ1v) is 7.08. The van der Waals surface area contributed by atoms with Gasteiger partial charge in [-0.2, -0.15) is 0 Å². The third-order valence-corrected chi connectivity index (χ3v) is 3.54. The molecule has 0 aliphatic heterocycles. The van der Waals surface area contributed by atoms with E-state index in [-0.39, 0.29) is 5.41 Å². The van der Waals surface area contributed by atoms with E-state index in [1.807, 2.05) is 12.1 Å². The Bertz CT molecular complexity index is 367. The van der Waals surface area contributed by atoms with Gasteiger partial charge in [0.05, 0.1) is 0 Å². The Morgan fingerprint density at radius 2 is 1.79 bits per heavy atom. The molecule has 3 heteroatoms. The van der Waals surface area contributed by atoms with E-state index in [4.69, 9.17) is 0 Å². The van der Waals surface area contributed by atoms with Crippen LogP contribution in [-0.2, 0) is 0 Å². The summed E-state index contributed by atoms with van der Waals surface area (Å²) in [4.78, 5) is 2.23. The van der Waals surface area contributed by atoms with Crippen LogP contribution in [0.25, 0.3) is 0 Å². The minimum absolute atomic E-state index is 0.270. The highest BCUT2D eigenvalue weighted by atomic mass is 16.3. The van der Waals surface area contributed by atoms with Gasteiger partial charge in [0.15, 0.2) is 0 Å². The second-order valence-corrected chi connectivity index (χ2v) is 6.20. The second kappa shape index (κ2) is 6.80. The van der Waals surface area contributed by atoms with Gasteiger partial charge in [-0.15, -0.1) is 0 Å². The zero-order chi connectivity index (χ0) is 14.5. The summed E-state index contributed by atoms with van der Waals surface area (Å²) in [5.74, 6) is 0.317. The maximum Gasteiger partial charge on any atom is 0.115 e. The van der Waals surface area contributed by atoms with Crippen LogP contribution in [0, 0.1) is 5.41 Å². The van der Waals surface area contributed by atoms with Crippen molar-refractivity contribution in [2.45, 2.75) is 40.2 Å². The number of phenols is 1. The van der Waals surface area contributed by atoms with Crippen molar-refractivity contribution in [2.24, 2.45) is 5.41 Å². The fourth-order valence-electron chi connectivity index (χ4n) is 2.25. The smallest absolute Gasteiger partial charge is 0.115 e. The van der Waals surface area contributed by atoms with E-state index < -0.39 is 0 Å². The summed E-state index contributed by atoms with van der Waals surface area (Å²) in [5.41, 5.74) is 1.41. The SMILES string of the molecule is CCNC(CCN(C)c1ccc(O)cc1)C(C)(C)C. The van der Waals surface area contributed by atoms with Gasteiger partial charge in [0.2, 0.25) is 0 Å². The van der Waals surface area contributed by atoms with Crippen molar-refractivity contribution in [3.05, 3.63) is 24.3 Å². The number of nitrogens with zero attached hydrogens (tertiary/aromatic N) is 1. The van der Waals surface area contributed by atoms with Gasteiger partial charge in [0.1, 0.15) is 5.75 Å². The Labute approximate surface area is 117 Å². The maximum atomic E-state index is 9.30. The summed E-state index contributed by atoms with van der Waals surface area (Å²) in [7, 11) is 2.10. The molecule has 19 heavy (non-hydrogen) atoms. The summed E-state index contributed by atoms with van der Waals surface area (Å²) in [6.45, 7) is 11.0. The van der Waals surface area contributed by atoms with E-state index >= 15 is 0 Å². The molecule has 3 nitrogen and oxygen atoms in total. The molecule has 1 atom stereocenters. The van der Waals surface area contributed by atoms with Crippen molar-refractivity contribution in [1.29, 1.82) is 0 Å². The fraction of sp³-hybridized carbons (Fsp3) is 0.625. The third kappa shape index (κ3) is 5.11. The Morgan fingerprint density at radius 3 is 2.26 bits per heavy atom. The average Bonchev–Trinajstić information content (AvgIpc) is 2.33. The average molecular weight is 264 g/mol. The van der Waals surface area contributed by atoms with Crippen molar-refractivity contribution in [2.75, 3.05) is 25.0 Å². The summed E-state index contributed by atoms with van der Waals surface area (Å²) in [6.07, 6.45) is 1.11. The van der Waals surface area contributed by atoms with Crippen LogP contribution in [-0.4, -0.2) is 31.3 Å². The zero-order valence-corrected chi connectivity index (χ0v) is 12.9. The zero-order valence-electron chi connectivity index (χ0n) is 12.9. The van der Waals surface area contributed by atoms with Gasteiger partial charge in [0, 0.05) is 25.3 Å². The van der Waals surface area contributed by atoms with Gasteiger partial charge in [-0.3, -0.25) is 0 Å². The Kier molecular flexibility index (Phi) is 5.67. The first-order valence-electron chi connectivity index (χ1n) is 7.08. The predicted octanol–water partition coefficient (Wildman–Crippen LogP) is 3.24. The summed E-state index contributed by atoms with van der Waals surface area (Å²) in [6, 6.07) is 7.88. The molecule has 0 saturated carbocycles. The Hall–Kier alpha value is -1.22. The Morgan fingerprint density at radius 1 is 1.21 bits per heavy atom. The number of anilines is 1. The molecular formula is C16H28N2O. The molecule has 108 valence electrons. The molecule has 0 saturated heterocycles. The molecule has 0 fully saturated rings. The molecule has 0 amide bonds. The van der Waals surface area contributed by atoms with Gasteiger partial charge >= 0.3 is 0 Å². The van der Waals surface area contributed by atoms with Crippen LogP contribution in [0.3, 0.4) is 0 Å². The van der Waals surface area contributed by atoms with Crippen LogP contribution in [0.15, 0.2) is 24.3 Å². The van der Waals surface area contributed by atoms with Crippen molar-refractivity contribution in [3.63, 3.8) is 0 Å². The van der Waals surface area contributed by atoms with E-state index in [0.717, 1.165) is 25.2 Å². The number of benzene rings is 1. The number of rotatable bonds is 6. The molecule has 0 aliphatic carbocycles. The first-order chi connectivity index (χ1) is 8.84. The lowest BCUT2D eigenvalue weighted by molar-refractivity contribution is 0.260. The molecular weight excluding hydrogens is 236 g/mol. The fourth-order valence-corrected chi connectivity index (χ4v) is 2.25. The molecule has 2 N–H and O–H groups in total. The summed E-state index contributed by atoms with van der Waals surface area (Å²) < 4.78 is 0. The predicted molar refractivity (Wildman–Crippen MR) is 82.9 cm³/mol. The standard InChI is InChI=1S/C16H28N2O/c1-6-17-15(16(2,3)4)11-12-18(5)13-7-9-14(19)10-8-13/h7-10,15,17,19H,6,11-12H2,1-5H3. The van der Waals surface area contributed by atoms with Gasteiger partial charge < -0.3 is 15.3 Å². The van der Waals surface area contributed by atoms with Crippen molar-refractivity contribution in [1.82, 2.24) is 5.32 Å². The summed E-state index contributed by atoms with van der Waals surface area (Å²) in [5, 5.41) is 12.9. The number of nitrogens with one attached hydrogen (secondary N) is 1. The maximum absolute atomic E-state index is 9.30. The molecule has 0 aliphatic rings. The first kappa shape index (κ1) is 15.8. The number of hydrogen-bond acceptors (Lipinski definition) is 3. The van der Waals surface area contributed by atoms with Crippen LogP contribution < -0.4 is 10.2 Å². The molecule has 1 aromatic rings. The van der Waals surface area contributed by atoms with Crippen LogP contribution >= 0.6 is 0 Å². The monoisotopic (exact) mass is 264 g/mol. The van der Waals surface area contributed by atoms with E-state index in [1.165, 1.54) is 0 Å². The number of hydrogen-bond donors (Lipinski definition) is 2. The molecule has 0 bridgehead atoms. The van der Waals surface area contributed by atoms with Gasteiger partial charge in [0.25, 0.3) is 0 Å². The third-order valence-electron chi connectivity index (χ3n) is 3.54. The molecule has 0 radical (unpaired) electrons. The van der Waals surface area contributed by atoms with Gasteiger partial charge in [-0.05, 0) is 42.6 Å². The minimum atomic E-state index is 0.270. The molecule has 1 unspecified atom stereocenters. The topological polar surface area (TPSA) is 35.5 Å². The van der Waals surface area contributed by atoms with Gasteiger partial charge in [-0.25, -0.2) is 0 Å². The summed E-state index contributed by atoms with van der Waals surface area (Å²) >= 11 is 0. The van der Waals surface area contributed by atoms with Crippen molar-refractivity contribution >= 4 is 5.69 Å².